The van der Waals surface area contributed by atoms with Gasteiger partial charge in [0.2, 0.25) is 10.0 Å². The molecule has 2 rings (SSSR count). The average Bonchev–Trinajstić information content (AvgIpc) is 2.67. The van der Waals surface area contributed by atoms with Crippen LogP contribution in [0, 0.1) is 0 Å². The van der Waals surface area contributed by atoms with Gasteiger partial charge in [-0.2, -0.15) is 0 Å². The van der Waals surface area contributed by atoms with Crippen molar-refractivity contribution in [1.29, 1.82) is 0 Å². The average molecular weight is 416 g/mol. The molecule has 0 amide bonds. The summed E-state index contributed by atoms with van der Waals surface area (Å²) in [6.45, 7) is 0.186. The van der Waals surface area contributed by atoms with E-state index < -0.39 is 10.0 Å². The number of benzene rings is 2. The summed E-state index contributed by atoms with van der Waals surface area (Å²) in [5, 5.41) is 0.263. The second-order valence-corrected chi connectivity index (χ2v) is 7.62. The Balaban J connectivity index is 2.16. The third-order valence-electron chi connectivity index (χ3n) is 3.88. The highest BCUT2D eigenvalue weighted by Gasteiger charge is 2.22. The molecule has 0 aromatic heterocycles. The number of sulfonamides is 1. The Bertz CT molecular complexity index is 901. The summed E-state index contributed by atoms with van der Waals surface area (Å²) in [5.41, 5.74) is 0.899. The van der Waals surface area contributed by atoms with E-state index in [9.17, 15) is 8.42 Å². The number of nitrogens with one attached hydrogen (secondary N) is 1. The number of halogens is 1. The Morgan fingerprint density at radius 2 is 1.48 bits per heavy atom. The molecule has 7 nitrogen and oxygen atoms in total. The van der Waals surface area contributed by atoms with Crippen LogP contribution >= 0.6 is 11.6 Å². The normalized spacial score (nSPS) is 11.1. The third-order valence-corrected chi connectivity index (χ3v) is 5.66. The first-order valence-electron chi connectivity index (χ1n) is 7.98. The third kappa shape index (κ3) is 4.97. The van der Waals surface area contributed by atoms with Crippen LogP contribution in [0.3, 0.4) is 0 Å². The molecule has 27 heavy (non-hydrogen) atoms. The van der Waals surface area contributed by atoms with Crippen LogP contribution in [-0.2, 0) is 16.4 Å². The highest BCUT2D eigenvalue weighted by atomic mass is 35.5. The molecule has 0 radical (unpaired) electrons. The predicted molar refractivity (Wildman–Crippen MR) is 103 cm³/mol. The maximum atomic E-state index is 12.7. The molecular formula is C18H22ClNO6S. The minimum Gasteiger partial charge on any atom is -0.495 e. The van der Waals surface area contributed by atoms with Gasteiger partial charge in [-0.3, -0.25) is 0 Å². The Kier molecular flexibility index (Phi) is 7.18. The number of methoxy groups -OCH3 is 4. The standard InChI is InChI=1S/C18H22ClNO6S/c1-23-14-6-5-12(9-16(14)25-3)7-8-20-27(21,22)18-11-15(24-2)13(19)10-17(18)26-4/h5-6,9-11,20H,7-8H2,1-4H3. The van der Waals surface area contributed by atoms with E-state index in [-0.39, 0.29) is 28.0 Å². The lowest BCUT2D eigenvalue weighted by atomic mass is 10.1. The minimum atomic E-state index is -3.82. The van der Waals surface area contributed by atoms with E-state index >= 15 is 0 Å². The molecule has 0 bridgehead atoms. The highest BCUT2D eigenvalue weighted by molar-refractivity contribution is 7.89. The van der Waals surface area contributed by atoms with Crippen molar-refractivity contribution in [2.45, 2.75) is 11.3 Å². The van der Waals surface area contributed by atoms with Gasteiger partial charge in [0.25, 0.3) is 0 Å². The second-order valence-electron chi connectivity index (χ2n) is 5.47. The summed E-state index contributed by atoms with van der Waals surface area (Å²) in [4.78, 5) is -0.0430. The predicted octanol–water partition coefficient (Wildman–Crippen LogP) is 2.90. The molecule has 0 spiro atoms. The molecule has 1 N–H and O–H groups in total. The van der Waals surface area contributed by atoms with Gasteiger partial charge in [-0.05, 0) is 24.1 Å². The molecule has 0 fully saturated rings. The zero-order valence-corrected chi connectivity index (χ0v) is 17.1. The fraction of sp³-hybridized carbons (Fsp3) is 0.333. The van der Waals surface area contributed by atoms with Gasteiger partial charge in [0.1, 0.15) is 16.4 Å². The zero-order chi connectivity index (χ0) is 20.0. The number of ether oxygens (including phenoxy) is 4. The monoisotopic (exact) mass is 415 g/mol. The summed E-state index contributed by atoms with van der Waals surface area (Å²) in [6, 6.07) is 8.17. The largest absolute Gasteiger partial charge is 0.495 e. The molecule has 0 heterocycles. The van der Waals surface area contributed by atoms with Crippen molar-refractivity contribution in [3.63, 3.8) is 0 Å². The van der Waals surface area contributed by atoms with Gasteiger partial charge < -0.3 is 18.9 Å². The van der Waals surface area contributed by atoms with E-state index in [1.54, 1.807) is 26.4 Å². The number of rotatable bonds is 9. The van der Waals surface area contributed by atoms with Crippen molar-refractivity contribution >= 4 is 21.6 Å². The van der Waals surface area contributed by atoms with Crippen LogP contribution in [0.5, 0.6) is 23.0 Å². The lowest BCUT2D eigenvalue weighted by molar-refractivity contribution is 0.354. The molecule has 2 aromatic carbocycles. The molecule has 0 aliphatic rings. The zero-order valence-electron chi connectivity index (χ0n) is 15.5. The molecule has 0 atom stereocenters. The fourth-order valence-electron chi connectivity index (χ4n) is 2.49. The fourth-order valence-corrected chi connectivity index (χ4v) is 3.91. The lowest BCUT2D eigenvalue weighted by Gasteiger charge is -2.14. The van der Waals surface area contributed by atoms with Crippen LogP contribution in [0.4, 0.5) is 0 Å². The van der Waals surface area contributed by atoms with Crippen LogP contribution in [0.1, 0.15) is 5.56 Å². The van der Waals surface area contributed by atoms with Gasteiger partial charge in [0, 0.05) is 18.7 Å². The van der Waals surface area contributed by atoms with Crippen molar-refractivity contribution < 1.29 is 27.4 Å². The van der Waals surface area contributed by atoms with Crippen LogP contribution in [0.2, 0.25) is 5.02 Å². The highest BCUT2D eigenvalue weighted by Crippen LogP contribution is 2.35. The first-order chi connectivity index (χ1) is 12.9. The maximum Gasteiger partial charge on any atom is 0.244 e. The van der Waals surface area contributed by atoms with Gasteiger partial charge >= 0.3 is 0 Å². The van der Waals surface area contributed by atoms with E-state index in [0.29, 0.717) is 17.9 Å². The van der Waals surface area contributed by atoms with E-state index in [2.05, 4.69) is 4.72 Å². The first-order valence-corrected chi connectivity index (χ1v) is 9.84. The molecule has 0 saturated carbocycles. The van der Waals surface area contributed by atoms with Gasteiger partial charge in [-0.15, -0.1) is 0 Å². The van der Waals surface area contributed by atoms with Crippen LogP contribution in [-0.4, -0.2) is 43.4 Å². The summed E-state index contributed by atoms with van der Waals surface area (Å²) in [5.74, 6) is 1.58. The summed E-state index contributed by atoms with van der Waals surface area (Å²) in [7, 11) is 2.07. The van der Waals surface area contributed by atoms with Crippen LogP contribution < -0.4 is 23.7 Å². The Labute approximate surface area is 164 Å². The Morgan fingerprint density at radius 1 is 0.852 bits per heavy atom. The van der Waals surface area contributed by atoms with Gasteiger partial charge in [0.15, 0.2) is 11.5 Å². The van der Waals surface area contributed by atoms with Crippen molar-refractivity contribution in [2.75, 3.05) is 35.0 Å². The summed E-state index contributed by atoms with van der Waals surface area (Å²) >= 11 is 6.03. The minimum absolute atomic E-state index is 0.0430. The summed E-state index contributed by atoms with van der Waals surface area (Å²) in [6.07, 6.45) is 0.465. The number of hydrogen-bond acceptors (Lipinski definition) is 6. The molecule has 2 aromatic rings. The quantitative estimate of drug-likeness (QED) is 0.678. The van der Waals surface area contributed by atoms with E-state index in [4.69, 9.17) is 30.5 Å². The van der Waals surface area contributed by atoms with Crippen molar-refractivity contribution in [2.24, 2.45) is 0 Å². The van der Waals surface area contributed by atoms with Gasteiger partial charge in [0.05, 0.1) is 33.5 Å². The van der Waals surface area contributed by atoms with Gasteiger partial charge in [-0.1, -0.05) is 17.7 Å². The first kappa shape index (κ1) is 21.1. The molecule has 9 heteroatoms. The molecule has 0 unspecified atom stereocenters. The molecule has 0 saturated heterocycles. The van der Waals surface area contributed by atoms with Crippen LogP contribution in [0.25, 0.3) is 0 Å². The van der Waals surface area contributed by atoms with E-state index in [1.807, 2.05) is 6.07 Å². The SMILES string of the molecule is COc1cc(S(=O)(=O)NCCc2ccc(OC)c(OC)c2)c(OC)cc1Cl. The Hall–Kier alpha value is -2.16. The van der Waals surface area contributed by atoms with Crippen molar-refractivity contribution in [3.05, 3.63) is 40.9 Å². The molecule has 148 valence electrons. The topological polar surface area (TPSA) is 83.1 Å². The molecule has 0 aliphatic carbocycles. The molecular weight excluding hydrogens is 394 g/mol. The van der Waals surface area contributed by atoms with Crippen LogP contribution in [0.15, 0.2) is 35.2 Å². The maximum absolute atomic E-state index is 12.7. The van der Waals surface area contributed by atoms with E-state index in [1.165, 1.54) is 26.4 Å². The Morgan fingerprint density at radius 3 is 2.07 bits per heavy atom. The van der Waals surface area contributed by atoms with Gasteiger partial charge in [-0.25, -0.2) is 13.1 Å². The number of hydrogen-bond donors (Lipinski definition) is 1. The molecule has 0 aliphatic heterocycles. The van der Waals surface area contributed by atoms with E-state index in [0.717, 1.165) is 5.56 Å². The lowest BCUT2D eigenvalue weighted by Crippen LogP contribution is -2.26. The summed E-state index contributed by atoms with van der Waals surface area (Å²) < 4.78 is 48.6. The van der Waals surface area contributed by atoms with Crippen molar-refractivity contribution in [1.82, 2.24) is 4.72 Å². The van der Waals surface area contributed by atoms with Crippen molar-refractivity contribution in [3.8, 4) is 23.0 Å². The smallest absolute Gasteiger partial charge is 0.244 e. The second kappa shape index (κ2) is 9.16.